The monoisotopic (exact) mass is 622 g/mol. The van der Waals surface area contributed by atoms with E-state index in [1.165, 1.54) is 30.3 Å². The first-order chi connectivity index (χ1) is 16.5. The predicted molar refractivity (Wildman–Crippen MR) is 108 cm³/mol. The molecule has 0 fully saturated rings. The molecular formula is C22H16BrF13O. The standard InChI is InChI=1S/C22H16BrF13O/c1-12(13-5-3-2-4-6-13)16(37,14-7-9-15(23)10-8-14)11-17(24,25)18(26,27)19(28,29)20(30,31)21(32,33)22(34,35)36/h2-10,12,37H,11H2,1H3. The maximum absolute atomic E-state index is 14.8. The van der Waals surface area contributed by atoms with E-state index in [9.17, 15) is 62.2 Å². The lowest BCUT2D eigenvalue weighted by Gasteiger charge is -2.43. The molecule has 2 rings (SSSR count). The van der Waals surface area contributed by atoms with Gasteiger partial charge >= 0.3 is 35.8 Å². The molecule has 0 heterocycles. The minimum atomic E-state index is -8.01. The minimum absolute atomic E-state index is 0.0206. The van der Waals surface area contributed by atoms with Crippen LogP contribution >= 0.6 is 15.9 Å². The van der Waals surface area contributed by atoms with E-state index in [-0.39, 0.29) is 10.0 Å². The fourth-order valence-electron chi connectivity index (χ4n) is 3.51. The number of alkyl halides is 13. The van der Waals surface area contributed by atoms with Gasteiger partial charge in [0.05, 0.1) is 6.42 Å². The van der Waals surface area contributed by atoms with E-state index < -0.39 is 59.3 Å². The van der Waals surface area contributed by atoms with Gasteiger partial charge in [-0.3, -0.25) is 0 Å². The summed E-state index contributed by atoms with van der Waals surface area (Å²) in [6, 6.07) is 10.6. The van der Waals surface area contributed by atoms with Crippen LogP contribution < -0.4 is 0 Å². The quantitative estimate of drug-likeness (QED) is 0.278. The fourth-order valence-corrected chi connectivity index (χ4v) is 3.78. The van der Waals surface area contributed by atoms with Crippen molar-refractivity contribution >= 4 is 15.9 Å². The average Bonchev–Trinajstić information content (AvgIpc) is 2.77. The maximum atomic E-state index is 14.8. The van der Waals surface area contributed by atoms with E-state index in [0.717, 1.165) is 31.2 Å². The third-order valence-electron chi connectivity index (χ3n) is 5.85. The number of rotatable bonds is 9. The zero-order valence-electron chi connectivity index (χ0n) is 18.2. The molecule has 37 heavy (non-hydrogen) atoms. The first kappa shape index (κ1) is 31.2. The molecule has 0 saturated heterocycles. The minimum Gasteiger partial charge on any atom is -0.384 e. The van der Waals surface area contributed by atoms with Crippen LogP contribution in [0.15, 0.2) is 59.1 Å². The lowest BCUT2D eigenvalue weighted by Crippen LogP contribution is -2.70. The normalized spacial score (nSPS) is 16.9. The van der Waals surface area contributed by atoms with Gasteiger partial charge in [0.2, 0.25) is 0 Å². The molecule has 0 saturated carbocycles. The zero-order chi connectivity index (χ0) is 28.9. The van der Waals surface area contributed by atoms with Crippen LogP contribution in [0.25, 0.3) is 0 Å². The highest BCUT2D eigenvalue weighted by Gasteiger charge is 2.90. The Hall–Kier alpha value is -2.03. The van der Waals surface area contributed by atoms with Gasteiger partial charge in [-0.05, 0) is 23.3 Å². The Morgan fingerprint density at radius 2 is 1.08 bits per heavy atom. The van der Waals surface area contributed by atoms with Gasteiger partial charge in [-0.25, -0.2) is 0 Å². The van der Waals surface area contributed by atoms with Crippen molar-refractivity contribution in [2.45, 2.75) is 60.7 Å². The molecule has 1 nitrogen and oxygen atoms in total. The summed E-state index contributed by atoms with van der Waals surface area (Å²) in [6.45, 7) is 0.996. The smallest absolute Gasteiger partial charge is 0.384 e. The van der Waals surface area contributed by atoms with Crippen molar-refractivity contribution in [3.8, 4) is 0 Å². The molecule has 0 radical (unpaired) electrons. The van der Waals surface area contributed by atoms with Gasteiger partial charge in [0.1, 0.15) is 5.60 Å². The highest BCUT2D eigenvalue weighted by atomic mass is 79.9. The molecule has 0 aromatic heterocycles. The molecule has 208 valence electrons. The number of halogens is 14. The summed E-state index contributed by atoms with van der Waals surface area (Å²) < 4.78 is 177. The number of hydrogen-bond donors (Lipinski definition) is 1. The zero-order valence-corrected chi connectivity index (χ0v) is 19.8. The molecule has 1 N–H and O–H groups in total. The van der Waals surface area contributed by atoms with Crippen LogP contribution in [0.4, 0.5) is 57.1 Å². The summed E-state index contributed by atoms with van der Waals surface area (Å²) in [6.07, 6.45) is -10.3. The van der Waals surface area contributed by atoms with Crippen molar-refractivity contribution in [1.29, 1.82) is 0 Å². The fraction of sp³-hybridized carbons (Fsp3) is 0.455. The molecule has 2 aromatic rings. The van der Waals surface area contributed by atoms with Gasteiger partial charge in [0, 0.05) is 10.4 Å². The molecular weight excluding hydrogens is 607 g/mol. The maximum Gasteiger partial charge on any atom is 0.460 e. The van der Waals surface area contributed by atoms with Gasteiger partial charge in [-0.2, -0.15) is 57.1 Å². The summed E-state index contributed by atoms with van der Waals surface area (Å²) >= 11 is 2.97. The van der Waals surface area contributed by atoms with E-state index in [0.29, 0.717) is 0 Å². The molecule has 0 aliphatic rings. The second-order valence-electron chi connectivity index (χ2n) is 8.24. The summed E-state index contributed by atoms with van der Waals surface area (Å²) in [7, 11) is 0. The lowest BCUT2D eigenvalue weighted by atomic mass is 9.73. The molecule has 2 unspecified atom stereocenters. The Labute approximate surface area is 209 Å². The van der Waals surface area contributed by atoms with Crippen molar-refractivity contribution in [3.63, 3.8) is 0 Å². The SMILES string of the molecule is CC(c1ccccc1)C(O)(CC(F)(F)C(F)(F)C(F)(F)C(F)(F)C(F)(F)C(F)(F)F)c1ccc(Br)cc1. The largest absolute Gasteiger partial charge is 0.460 e. The first-order valence-corrected chi connectivity index (χ1v) is 10.8. The molecule has 0 bridgehead atoms. The summed E-state index contributed by atoms with van der Waals surface area (Å²) in [5.74, 6) is -39.3. The third-order valence-corrected chi connectivity index (χ3v) is 6.38. The number of hydrogen-bond acceptors (Lipinski definition) is 1. The summed E-state index contributed by atoms with van der Waals surface area (Å²) in [4.78, 5) is 0. The van der Waals surface area contributed by atoms with E-state index in [2.05, 4.69) is 15.9 Å². The third kappa shape index (κ3) is 5.04. The molecule has 0 aliphatic carbocycles. The topological polar surface area (TPSA) is 20.2 Å². The first-order valence-electron chi connectivity index (χ1n) is 9.96. The average molecular weight is 623 g/mol. The number of benzene rings is 2. The molecule has 0 amide bonds. The second-order valence-corrected chi connectivity index (χ2v) is 9.16. The Balaban J connectivity index is 2.67. The predicted octanol–water partition coefficient (Wildman–Crippen LogP) is 8.57. The van der Waals surface area contributed by atoms with Crippen LogP contribution in [0.2, 0.25) is 0 Å². The van der Waals surface area contributed by atoms with Crippen molar-refractivity contribution < 1.29 is 62.2 Å². The Morgan fingerprint density at radius 1 is 0.649 bits per heavy atom. The van der Waals surface area contributed by atoms with Crippen molar-refractivity contribution in [2.24, 2.45) is 0 Å². The van der Waals surface area contributed by atoms with Crippen molar-refractivity contribution in [2.75, 3.05) is 0 Å². The highest BCUT2D eigenvalue weighted by molar-refractivity contribution is 9.10. The van der Waals surface area contributed by atoms with E-state index in [1.807, 2.05) is 0 Å². The van der Waals surface area contributed by atoms with Gasteiger partial charge in [-0.15, -0.1) is 0 Å². The lowest BCUT2D eigenvalue weighted by molar-refractivity contribution is -0.441. The van der Waals surface area contributed by atoms with Crippen LogP contribution in [0.1, 0.15) is 30.4 Å². The molecule has 0 aliphatic heterocycles. The molecule has 2 aromatic carbocycles. The Kier molecular flexibility index (Phi) is 8.11. The van der Waals surface area contributed by atoms with Crippen LogP contribution in [-0.2, 0) is 5.60 Å². The van der Waals surface area contributed by atoms with Crippen LogP contribution in [0.5, 0.6) is 0 Å². The van der Waals surface area contributed by atoms with Crippen molar-refractivity contribution in [3.05, 3.63) is 70.2 Å². The number of aliphatic hydroxyl groups is 1. The van der Waals surface area contributed by atoms with Crippen LogP contribution in [0.3, 0.4) is 0 Å². The van der Waals surface area contributed by atoms with Gasteiger partial charge in [0.25, 0.3) is 0 Å². The van der Waals surface area contributed by atoms with E-state index in [4.69, 9.17) is 0 Å². The molecule has 15 heteroatoms. The van der Waals surface area contributed by atoms with Gasteiger partial charge in [-0.1, -0.05) is 65.3 Å². The Bertz CT molecular complexity index is 1070. The van der Waals surface area contributed by atoms with E-state index in [1.54, 1.807) is 0 Å². The van der Waals surface area contributed by atoms with Crippen LogP contribution in [-0.4, -0.2) is 40.9 Å². The van der Waals surface area contributed by atoms with Gasteiger partial charge in [0.15, 0.2) is 0 Å². The van der Waals surface area contributed by atoms with E-state index >= 15 is 0 Å². The molecule has 0 spiro atoms. The second kappa shape index (κ2) is 9.62. The molecule has 2 atom stereocenters. The summed E-state index contributed by atoms with van der Waals surface area (Å²) in [5, 5.41) is 11.2. The van der Waals surface area contributed by atoms with Gasteiger partial charge < -0.3 is 5.11 Å². The Morgan fingerprint density at radius 3 is 1.51 bits per heavy atom. The summed E-state index contributed by atoms with van der Waals surface area (Å²) in [5.41, 5.74) is -3.86. The highest BCUT2D eigenvalue weighted by Crippen LogP contribution is 2.62. The van der Waals surface area contributed by atoms with Crippen LogP contribution in [0, 0.1) is 0 Å². The van der Waals surface area contributed by atoms with Crippen molar-refractivity contribution in [1.82, 2.24) is 0 Å².